The zero-order valence-electron chi connectivity index (χ0n) is 15.9. The molecule has 0 aliphatic carbocycles. The average Bonchev–Trinajstić information content (AvgIpc) is 2.76. The summed E-state index contributed by atoms with van der Waals surface area (Å²) in [6.45, 7) is -0.0992. The summed E-state index contributed by atoms with van der Waals surface area (Å²) in [5.74, 6) is 0.992. The Morgan fingerprint density at radius 2 is 1.66 bits per heavy atom. The number of aromatic nitrogens is 2. The van der Waals surface area contributed by atoms with Gasteiger partial charge in [0.05, 0.1) is 22.9 Å². The summed E-state index contributed by atoms with van der Waals surface area (Å²) < 4.78 is 7.38. The van der Waals surface area contributed by atoms with Crippen LogP contribution < -0.4 is 15.2 Å². The van der Waals surface area contributed by atoms with Crippen LogP contribution in [-0.4, -0.2) is 22.5 Å². The van der Waals surface area contributed by atoms with E-state index in [4.69, 9.17) is 4.74 Å². The highest BCUT2D eigenvalue weighted by molar-refractivity contribution is 5.95. The minimum Gasteiger partial charge on any atom is -0.455 e. The van der Waals surface area contributed by atoms with Crippen molar-refractivity contribution in [2.45, 2.75) is 6.54 Å². The molecule has 0 unspecified atom stereocenters. The topological polar surface area (TPSA) is 64.4 Å². The lowest BCUT2D eigenvalue weighted by atomic mass is 10.2. The van der Waals surface area contributed by atoms with Gasteiger partial charge in [0.15, 0.2) is 5.75 Å². The predicted molar refractivity (Wildman–Crippen MR) is 112 cm³/mol. The molecule has 0 aliphatic rings. The summed E-state index contributed by atoms with van der Waals surface area (Å²) in [6.07, 6.45) is 1.24. The number of nitrogens with zero attached hydrogens (tertiary/aromatic N) is 3. The zero-order chi connectivity index (χ0) is 20.2. The van der Waals surface area contributed by atoms with Gasteiger partial charge in [0.2, 0.25) is 5.91 Å². The monoisotopic (exact) mass is 385 g/mol. The van der Waals surface area contributed by atoms with Crippen LogP contribution >= 0.6 is 0 Å². The highest BCUT2D eigenvalue weighted by atomic mass is 16.5. The van der Waals surface area contributed by atoms with Gasteiger partial charge in [0, 0.05) is 7.05 Å². The number of carbonyl (C=O) groups is 1. The van der Waals surface area contributed by atoms with E-state index in [1.54, 1.807) is 19.2 Å². The number of hydrogen-bond acceptors (Lipinski definition) is 4. The number of amides is 1. The molecule has 3 aromatic carbocycles. The lowest BCUT2D eigenvalue weighted by Crippen LogP contribution is -2.34. The van der Waals surface area contributed by atoms with Crippen LogP contribution in [0.15, 0.2) is 89.9 Å². The summed E-state index contributed by atoms with van der Waals surface area (Å²) in [5, 5.41) is 0. The van der Waals surface area contributed by atoms with E-state index in [9.17, 15) is 9.59 Å². The molecule has 29 heavy (non-hydrogen) atoms. The minimum atomic E-state index is -0.320. The summed E-state index contributed by atoms with van der Waals surface area (Å²) in [7, 11) is 1.67. The van der Waals surface area contributed by atoms with Crippen LogP contribution in [0.25, 0.3) is 11.0 Å². The van der Waals surface area contributed by atoms with Crippen molar-refractivity contribution >= 4 is 22.6 Å². The van der Waals surface area contributed by atoms with Gasteiger partial charge in [-0.3, -0.25) is 14.2 Å². The van der Waals surface area contributed by atoms with Gasteiger partial charge < -0.3 is 9.64 Å². The predicted octanol–water partition coefficient (Wildman–Crippen LogP) is 3.85. The van der Waals surface area contributed by atoms with Gasteiger partial charge in [-0.25, -0.2) is 4.98 Å². The lowest BCUT2D eigenvalue weighted by Gasteiger charge is -2.21. The fourth-order valence-corrected chi connectivity index (χ4v) is 3.09. The number of anilines is 1. The van der Waals surface area contributed by atoms with Crippen LogP contribution in [0.3, 0.4) is 0 Å². The first-order valence-corrected chi connectivity index (χ1v) is 9.16. The molecule has 0 spiro atoms. The van der Waals surface area contributed by atoms with E-state index in [1.165, 1.54) is 15.7 Å². The maximum atomic E-state index is 13.0. The van der Waals surface area contributed by atoms with E-state index < -0.39 is 0 Å². The molecule has 0 saturated carbocycles. The number of rotatable bonds is 5. The number of likely N-dealkylation sites (N-methyl/N-ethyl adjacent to an activating group) is 1. The van der Waals surface area contributed by atoms with Crippen molar-refractivity contribution in [3.05, 3.63) is 95.4 Å². The Morgan fingerprint density at radius 3 is 2.48 bits per heavy atom. The maximum Gasteiger partial charge on any atom is 0.269 e. The second-order valence-corrected chi connectivity index (χ2v) is 6.51. The van der Waals surface area contributed by atoms with Crippen molar-refractivity contribution in [3.63, 3.8) is 0 Å². The van der Waals surface area contributed by atoms with E-state index in [0.717, 1.165) is 0 Å². The Balaban J connectivity index is 1.63. The summed E-state index contributed by atoms with van der Waals surface area (Å²) in [6, 6.07) is 23.9. The van der Waals surface area contributed by atoms with Crippen LogP contribution in [-0.2, 0) is 11.3 Å². The molecular weight excluding hydrogens is 366 g/mol. The molecule has 6 nitrogen and oxygen atoms in total. The van der Waals surface area contributed by atoms with Crippen molar-refractivity contribution < 1.29 is 9.53 Å². The van der Waals surface area contributed by atoms with Gasteiger partial charge in [-0.1, -0.05) is 42.5 Å². The lowest BCUT2D eigenvalue weighted by molar-refractivity contribution is -0.118. The number of fused-ring (bicyclic) bond motifs is 1. The largest absolute Gasteiger partial charge is 0.455 e. The molecule has 144 valence electrons. The van der Waals surface area contributed by atoms with Crippen LogP contribution in [0.5, 0.6) is 11.5 Å². The van der Waals surface area contributed by atoms with Crippen LogP contribution in [0.4, 0.5) is 5.69 Å². The first-order valence-electron chi connectivity index (χ1n) is 9.16. The quantitative estimate of drug-likeness (QED) is 0.523. The molecule has 0 atom stereocenters. The number of ether oxygens (including phenoxy) is 1. The molecule has 1 heterocycles. The van der Waals surface area contributed by atoms with Crippen molar-refractivity contribution in [1.82, 2.24) is 9.55 Å². The van der Waals surface area contributed by atoms with Gasteiger partial charge in [0.25, 0.3) is 5.56 Å². The molecule has 1 aromatic heterocycles. The number of para-hydroxylation sites is 5. The van der Waals surface area contributed by atoms with Gasteiger partial charge in [-0.05, 0) is 36.4 Å². The SMILES string of the molecule is CN(C(=O)Cn1c(=O)cnc2ccccc21)c1ccccc1Oc1ccccc1. The van der Waals surface area contributed by atoms with Crippen molar-refractivity contribution in [1.29, 1.82) is 0 Å². The first-order chi connectivity index (χ1) is 14.1. The van der Waals surface area contributed by atoms with Crippen LogP contribution in [0, 0.1) is 0 Å². The molecule has 0 N–H and O–H groups in total. The number of hydrogen-bond donors (Lipinski definition) is 0. The van der Waals surface area contributed by atoms with Crippen LogP contribution in [0.2, 0.25) is 0 Å². The van der Waals surface area contributed by atoms with Gasteiger partial charge in [-0.2, -0.15) is 0 Å². The molecular formula is C23H19N3O3. The molecule has 0 bridgehead atoms. The fraction of sp³-hybridized carbons (Fsp3) is 0.0870. The van der Waals surface area contributed by atoms with Gasteiger partial charge in [0.1, 0.15) is 12.3 Å². The van der Waals surface area contributed by atoms with E-state index in [0.29, 0.717) is 28.2 Å². The van der Waals surface area contributed by atoms with Gasteiger partial charge >= 0.3 is 0 Å². The maximum absolute atomic E-state index is 13.0. The highest BCUT2D eigenvalue weighted by Crippen LogP contribution is 2.31. The molecule has 6 heteroatoms. The molecule has 4 rings (SSSR count). The second-order valence-electron chi connectivity index (χ2n) is 6.51. The minimum absolute atomic E-state index is 0.0992. The second kappa shape index (κ2) is 7.98. The Hall–Kier alpha value is -3.93. The zero-order valence-corrected chi connectivity index (χ0v) is 15.9. The molecule has 0 fully saturated rings. The third-order valence-electron chi connectivity index (χ3n) is 4.62. The highest BCUT2D eigenvalue weighted by Gasteiger charge is 2.17. The Kier molecular flexibility index (Phi) is 5.07. The van der Waals surface area contributed by atoms with E-state index in [1.807, 2.05) is 66.7 Å². The molecule has 0 aliphatic heterocycles. The third kappa shape index (κ3) is 3.87. The van der Waals surface area contributed by atoms with Crippen molar-refractivity contribution in [3.8, 4) is 11.5 Å². The Bertz CT molecular complexity index is 1220. The van der Waals surface area contributed by atoms with Crippen LogP contribution in [0.1, 0.15) is 0 Å². The van der Waals surface area contributed by atoms with E-state index in [2.05, 4.69) is 4.98 Å². The molecule has 0 radical (unpaired) electrons. The first kappa shape index (κ1) is 18.4. The average molecular weight is 385 g/mol. The number of carbonyl (C=O) groups excluding carboxylic acids is 1. The van der Waals surface area contributed by atoms with E-state index >= 15 is 0 Å². The molecule has 0 saturated heterocycles. The van der Waals surface area contributed by atoms with E-state index in [-0.39, 0.29) is 18.0 Å². The summed E-state index contributed by atoms with van der Waals surface area (Å²) in [5.41, 5.74) is 1.58. The summed E-state index contributed by atoms with van der Waals surface area (Å²) in [4.78, 5) is 31.0. The Morgan fingerprint density at radius 1 is 0.966 bits per heavy atom. The fourth-order valence-electron chi connectivity index (χ4n) is 3.09. The van der Waals surface area contributed by atoms with Gasteiger partial charge in [-0.15, -0.1) is 0 Å². The number of benzene rings is 3. The Labute approximate surface area is 167 Å². The standard InChI is InChI=1S/C23H19N3O3/c1-25(20-13-7-8-14-21(20)29-17-9-3-2-4-10-17)23(28)16-26-19-12-6-5-11-18(19)24-15-22(26)27/h2-15H,16H2,1H3. The summed E-state index contributed by atoms with van der Waals surface area (Å²) >= 11 is 0. The molecule has 1 amide bonds. The third-order valence-corrected chi connectivity index (χ3v) is 4.62. The molecule has 4 aromatic rings. The normalized spacial score (nSPS) is 10.7. The van der Waals surface area contributed by atoms with Crippen molar-refractivity contribution in [2.24, 2.45) is 0 Å². The smallest absolute Gasteiger partial charge is 0.269 e. The van der Waals surface area contributed by atoms with Crippen molar-refractivity contribution in [2.75, 3.05) is 11.9 Å².